The first-order valence-electron chi connectivity index (χ1n) is 4.65. The lowest BCUT2D eigenvalue weighted by Gasteiger charge is -2.11. The SMILES string of the molecule is CCn1nccc1C(O)c1cscc1Br. The third kappa shape index (κ3) is 2.00. The molecule has 0 saturated heterocycles. The summed E-state index contributed by atoms with van der Waals surface area (Å²) >= 11 is 4.99. The molecule has 0 fully saturated rings. The third-order valence-corrected chi connectivity index (χ3v) is 4.02. The van der Waals surface area contributed by atoms with Crippen molar-refractivity contribution < 1.29 is 5.11 Å². The van der Waals surface area contributed by atoms with Gasteiger partial charge in [0.1, 0.15) is 6.10 Å². The summed E-state index contributed by atoms with van der Waals surface area (Å²) in [5.74, 6) is 0. The van der Waals surface area contributed by atoms with Crippen LogP contribution in [-0.4, -0.2) is 14.9 Å². The highest BCUT2D eigenvalue weighted by molar-refractivity contribution is 9.10. The van der Waals surface area contributed by atoms with Crippen molar-refractivity contribution in [3.63, 3.8) is 0 Å². The van der Waals surface area contributed by atoms with Crippen LogP contribution in [0.25, 0.3) is 0 Å². The number of hydrogen-bond acceptors (Lipinski definition) is 3. The molecule has 0 saturated carbocycles. The second-order valence-electron chi connectivity index (χ2n) is 3.15. The zero-order chi connectivity index (χ0) is 10.8. The van der Waals surface area contributed by atoms with Crippen LogP contribution in [-0.2, 0) is 6.54 Å². The predicted octanol–water partition coefficient (Wildman–Crippen LogP) is 2.81. The smallest absolute Gasteiger partial charge is 0.123 e. The summed E-state index contributed by atoms with van der Waals surface area (Å²) in [5.41, 5.74) is 1.73. The van der Waals surface area contributed by atoms with Crippen LogP contribution in [0.5, 0.6) is 0 Å². The number of rotatable bonds is 3. The Bertz CT molecular complexity index is 452. The van der Waals surface area contributed by atoms with Crippen molar-refractivity contribution >= 4 is 27.3 Å². The molecule has 0 aliphatic carbocycles. The largest absolute Gasteiger partial charge is 0.382 e. The Morgan fingerprint density at radius 3 is 3.00 bits per heavy atom. The van der Waals surface area contributed by atoms with E-state index in [0.717, 1.165) is 22.3 Å². The molecular formula is C10H11BrN2OS. The van der Waals surface area contributed by atoms with Crippen molar-refractivity contribution in [3.8, 4) is 0 Å². The summed E-state index contributed by atoms with van der Waals surface area (Å²) in [5, 5.41) is 18.2. The molecule has 1 atom stereocenters. The molecule has 2 aromatic rings. The molecule has 0 radical (unpaired) electrons. The van der Waals surface area contributed by atoms with Gasteiger partial charge in [0.2, 0.25) is 0 Å². The molecule has 0 aliphatic heterocycles. The van der Waals surface area contributed by atoms with Crippen LogP contribution in [0.2, 0.25) is 0 Å². The molecule has 0 amide bonds. The molecule has 0 spiro atoms. The van der Waals surface area contributed by atoms with Crippen molar-refractivity contribution in [2.24, 2.45) is 0 Å². The first-order valence-corrected chi connectivity index (χ1v) is 6.39. The third-order valence-electron chi connectivity index (χ3n) is 2.27. The fraction of sp³-hybridized carbons (Fsp3) is 0.300. The minimum absolute atomic E-state index is 0.604. The average Bonchev–Trinajstić information content (AvgIpc) is 2.84. The van der Waals surface area contributed by atoms with Crippen LogP contribution >= 0.6 is 27.3 Å². The lowest BCUT2D eigenvalue weighted by molar-refractivity contribution is 0.208. The van der Waals surface area contributed by atoms with E-state index in [1.165, 1.54) is 0 Å². The first-order chi connectivity index (χ1) is 7.24. The number of aliphatic hydroxyl groups excluding tert-OH is 1. The van der Waals surface area contributed by atoms with E-state index in [2.05, 4.69) is 21.0 Å². The van der Waals surface area contributed by atoms with Gasteiger partial charge in [-0.3, -0.25) is 4.68 Å². The number of aliphatic hydroxyl groups is 1. The molecule has 1 unspecified atom stereocenters. The summed E-state index contributed by atoms with van der Waals surface area (Å²) in [7, 11) is 0. The van der Waals surface area contributed by atoms with Crippen LogP contribution < -0.4 is 0 Å². The zero-order valence-corrected chi connectivity index (χ0v) is 10.6. The Labute approximate surface area is 100 Å². The second-order valence-corrected chi connectivity index (χ2v) is 4.75. The fourth-order valence-corrected chi connectivity index (χ4v) is 3.02. The van der Waals surface area contributed by atoms with Crippen molar-refractivity contribution in [3.05, 3.63) is 38.8 Å². The molecule has 3 nitrogen and oxygen atoms in total. The molecule has 15 heavy (non-hydrogen) atoms. The van der Waals surface area contributed by atoms with Gasteiger partial charge in [-0.25, -0.2) is 0 Å². The van der Waals surface area contributed by atoms with E-state index in [9.17, 15) is 5.11 Å². The molecule has 5 heteroatoms. The average molecular weight is 287 g/mol. The Balaban J connectivity index is 2.36. The summed E-state index contributed by atoms with van der Waals surface area (Å²) in [6.07, 6.45) is 1.11. The van der Waals surface area contributed by atoms with Crippen LogP contribution in [0, 0.1) is 0 Å². The van der Waals surface area contributed by atoms with Gasteiger partial charge < -0.3 is 5.11 Å². The molecule has 1 N–H and O–H groups in total. The van der Waals surface area contributed by atoms with Gasteiger partial charge in [-0.1, -0.05) is 0 Å². The minimum Gasteiger partial charge on any atom is -0.382 e. The molecule has 2 heterocycles. The van der Waals surface area contributed by atoms with Crippen molar-refractivity contribution in [2.45, 2.75) is 19.6 Å². The summed E-state index contributed by atoms with van der Waals surface area (Å²) in [4.78, 5) is 0. The summed E-state index contributed by atoms with van der Waals surface area (Å²) in [6.45, 7) is 2.77. The maximum Gasteiger partial charge on any atom is 0.123 e. The molecule has 2 rings (SSSR count). The van der Waals surface area contributed by atoms with Crippen LogP contribution in [0.1, 0.15) is 24.3 Å². The maximum absolute atomic E-state index is 10.2. The highest BCUT2D eigenvalue weighted by Crippen LogP contribution is 2.31. The van der Waals surface area contributed by atoms with E-state index < -0.39 is 6.10 Å². The van der Waals surface area contributed by atoms with Gasteiger partial charge in [0.25, 0.3) is 0 Å². The van der Waals surface area contributed by atoms with E-state index in [0.29, 0.717) is 0 Å². The first kappa shape index (κ1) is 10.9. The minimum atomic E-state index is -0.604. The lowest BCUT2D eigenvalue weighted by atomic mass is 10.1. The number of aryl methyl sites for hydroxylation is 1. The van der Waals surface area contributed by atoms with Crippen LogP contribution in [0.15, 0.2) is 27.5 Å². The Kier molecular flexibility index (Phi) is 3.23. The topological polar surface area (TPSA) is 38.0 Å². The number of hydrogen-bond donors (Lipinski definition) is 1. The van der Waals surface area contributed by atoms with Crippen molar-refractivity contribution in [1.82, 2.24) is 9.78 Å². The number of thiophene rings is 1. The predicted molar refractivity (Wildman–Crippen MR) is 64.0 cm³/mol. The molecule has 0 bridgehead atoms. The van der Waals surface area contributed by atoms with Crippen LogP contribution in [0.3, 0.4) is 0 Å². The summed E-state index contributed by atoms with van der Waals surface area (Å²) < 4.78 is 2.75. The van der Waals surface area contributed by atoms with Gasteiger partial charge in [-0.2, -0.15) is 16.4 Å². The van der Waals surface area contributed by atoms with Gasteiger partial charge in [-0.05, 0) is 34.3 Å². The normalized spacial score (nSPS) is 13.0. The van der Waals surface area contributed by atoms with Crippen molar-refractivity contribution in [2.75, 3.05) is 0 Å². The second kappa shape index (κ2) is 4.47. The Morgan fingerprint density at radius 1 is 1.60 bits per heavy atom. The molecule has 80 valence electrons. The lowest BCUT2D eigenvalue weighted by Crippen LogP contribution is -2.08. The Hall–Kier alpha value is -0.650. The highest BCUT2D eigenvalue weighted by atomic mass is 79.9. The van der Waals surface area contributed by atoms with Gasteiger partial charge in [-0.15, -0.1) is 0 Å². The standard InChI is InChI=1S/C10H11BrN2OS/c1-2-13-9(3-4-12-13)10(14)7-5-15-6-8(7)11/h3-6,10,14H,2H2,1H3. The van der Waals surface area contributed by atoms with E-state index in [-0.39, 0.29) is 0 Å². The highest BCUT2D eigenvalue weighted by Gasteiger charge is 2.17. The zero-order valence-electron chi connectivity index (χ0n) is 8.22. The number of nitrogens with zero attached hydrogens (tertiary/aromatic N) is 2. The summed E-state index contributed by atoms with van der Waals surface area (Å²) in [6, 6.07) is 1.85. The number of aromatic nitrogens is 2. The quantitative estimate of drug-likeness (QED) is 0.942. The van der Waals surface area contributed by atoms with Crippen molar-refractivity contribution in [1.29, 1.82) is 0 Å². The molecule has 2 aromatic heterocycles. The monoisotopic (exact) mass is 286 g/mol. The molecular weight excluding hydrogens is 276 g/mol. The van der Waals surface area contributed by atoms with E-state index >= 15 is 0 Å². The molecule has 0 aromatic carbocycles. The van der Waals surface area contributed by atoms with E-state index in [4.69, 9.17) is 0 Å². The fourth-order valence-electron chi connectivity index (χ4n) is 1.49. The van der Waals surface area contributed by atoms with Crippen LogP contribution in [0.4, 0.5) is 0 Å². The van der Waals surface area contributed by atoms with Gasteiger partial charge >= 0.3 is 0 Å². The van der Waals surface area contributed by atoms with Gasteiger partial charge in [0.05, 0.1) is 5.69 Å². The van der Waals surface area contributed by atoms with E-state index in [1.54, 1.807) is 22.2 Å². The molecule has 0 aliphatic rings. The maximum atomic E-state index is 10.2. The van der Waals surface area contributed by atoms with Gasteiger partial charge in [0, 0.05) is 28.2 Å². The van der Waals surface area contributed by atoms with E-state index in [1.807, 2.05) is 23.8 Å². The van der Waals surface area contributed by atoms with Gasteiger partial charge in [0.15, 0.2) is 0 Å². The number of halogens is 1. The Morgan fingerprint density at radius 2 is 2.40 bits per heavy atom.